The lowest BCUT2D eigenvalue weighted by Crippen LogP contribution is -2.34. The second-order valence-electron chi connectivity index (χ2n) is 4.58. The maximum Gasteiger partial charge on any atom is 0.314 e. The first kappa shape index (κ1) is 16.1. The second-order valence-corrected chi connectivity index (χ2v) is 5.56. The molecule has 1 N–H and O–H groups in total. The monoisotopic (exact) mass is 281 g/mol. The molecule has 0 bridgehead atoms. The van der Waals surface area contributed by atoms with Gasteiger partial charge in [0.2, 0.25) is 0 Å². The number of carbonyl (C=O) groups excluding carboxylic acids is 1. The Bertz CT molecular complexity index is 370. The third kappa shape index (κ3) is 5.66. The van der Waals surface area contributed by atoms with Crippen molar-refractivity contribution in [3.63, 3.8) is 0 Å². The summed E-state index contributed by atoms with van der Waals surface area (Å²) < 4.78 is 4.90. The number of esters is 1. The van der Waals surface area contributed by atoms with E-state index in [0.29, 0.717) is 12.6 Å². The van der Waals surface area contributed by atoms with Crippen molar-refractivity contribution in [2.45, 2.75) is 25.3 Å². The molecule has 19 heavy (non-hydrogen) atoms. The average molecular weight is 281 g/mol. The van der Waals surface area contributed by atoms with Crippen molar-refractivity contribution in [1.29, 1.82) is 0 Å². The summed E-state index contributed by atoms with van der Waals surface area (Å²) in [5.41, 5.74) is 0.999. The molecule has 1 aromatic carbocycles. The molecule has 0 saturated carbocycles. The van der Waals surface area contributed by atoms with Gasteiger partial charge in [0.25, 0.3) is 0 Å². The number of hydrogen-bond donors (Lipinski definition) is 1. The molecular weight excluding hydrogens is 258 g/mol. The first-order valence-corrected chi connectivity index (χ1v) is 7.93. The molecule has 0 aliphatic rings. The van der Waals surface area contributed by atoms with Crippen LogP contribution in [0.4, 0.5) is 0 Å². The molecule has 0 aliphatic heterocycles. The number of nitrogens with one attached hydrogen (secondary N) is 1. The maximum atomic E-state index is 11.9. The van der Waals surface area contributed by atoms with E-state index < -0.39 is 0 Å². The van der Waals surface area contributed by atoms with Gasteiger partial charge < -0.3 is 10.1 Å². The Morgan fingerprint density at radius 3 is 2.63 bits per heavy atom. The number of carbonyl (C=O) groups is 1. The molecule has 0 spiro atoms. The van der Waals surface area contributed by atoms with Crippen molar-refractivity contribution in [2.75, 3.05) is 25.7 Å². The highest BCUT2D eigenvalue weighted by atomic mass is 32.2. The van der Waals surface area contributed by atoms with Crippen LogP contribution in [-0.2, 0) is 9.53 Å². The maximum absolute atomic E-state index is 11.9. The summed E-state index contributed by atoms with van der Waals surface area (Å²) in [6, 6.07) is 10.2. The normalized spacial score (nSPS) is 13.8. The highest BCUT2D eigenvalue weighted by Crippen LogP contribution is 2.16. The molecule has 0 amide bonds. The van der Waals surface area contributed by atoms with Gasteiger partial charge in [-0.3, -0.25) is 4.79 Å². The Balaban J connectivity index is 2.59. The van der Waals surface area contributed by atoms with Gasteiger partial charge in [0.05, 0.1) is 13.0 Å². The molecule has 0 aliphatic carbocycles. The van der Waals surface area contributed by atoms with Crippen LogP contribution in [0.1, 0.15) is 24.8 Å². The van der Waals surface area contributed by atoms with Gasteiger partial charge in [-0.1, -0.05) is 30.3 Å². The molecule has 2 atom stereocenters. The van der Waals surface area contributed by atoms with Crippen molar-refractivity contribution in [2.24, 2.45) is 0 Å². The second kappa shape index (κ2) is 8.99. The SMILES string of the molecule is COC(=O)C(CNC(C)CCSC)c1ccccc1. The van der Waals surface area contributed by atoms with Gasteiger partial charge in [-0.15, -0.1) is 0 Å². The predicted octanol–water partition coefficient (Wildman–Crippen LogP) is 2.67. The first-order chi connectivity index (χ1) is 9.19. The third-order valence-electron chi connectivity index (χ3n) is 3.11. The molecule has 1 aromatic rings. The van der Waals surface area contributed by atoms with E-state index in [0.717, 1.165) is 17.7 Å². The molecule has 1 rings (SSSR count). The Morgan fingerprint density at radius 1 is 1.37 bits per heavy atom. The van der Waals surface area contributed by atoms with Gasteiger partial charge in [0, 0.05) is 12.6 Å². The summed E-state index contributed by atoms with van der Waals surface area (Å²) in [6.07, 6.45) is 3.21. The number of rotatable bonds is 8. The van der Waals surface area contributed by atoms with Crippen molar-refractivity contribution in [3.8, 4) is 0 Å². The van der Waals surface area contributed by atoms with Crippen LogP contribution in [0.15, 0.2) is 30.3 Å². The Hall–Kier alpha value is -1.00. The molecule has 0 radical (unpaired) electrons. The van der Waals surface area contributed by atoms with Crippen molar-refractivity contribution in [3.05, 3.63) is 35.9 Å². The molecule has 0 fully saturated rings. The number of methoxy groups -OCH3 is 1. The van der Waals surface area contributed by atoms with Gasteiger partial charge in [-0.2, -0.15) is 11.8 Å². The van der Waals surface area contributed by atoms with Gasteiger partial charge in [0.15, 0.2) is 0 Å². The van der Waals surface area contributed by atoms with E-state index >= 15 is 0 Å². The summed E-state index contributed by atoms with van der Waals surface area (Å²) in [7, 11) is 1.44. The van der Waals surface area contributed by atoms with Crippen LogP contribution in [0.2, 0.25) is 0 Å². The van der Waals surface area contributed by atoms with Crippen LogP contribution < -0.4 is 5.32 Å². The smallest absolute Gasteiger partial charge is 0.314 e. The minimum atomic E-state index is -0.233. The van der Waals surface area contributed by atoms with Crippen LogP contribution >= 0.6 is 11.8 Å². The van der Waals surface area contributed by atoms with Gasteiger partial charge in [-0.25, -0.2) is 0 Å². The summed E-state index contributed by atoms with van der Waals surface area (Å²) >= 11 is 1.84. The van der Waals surface area contributed by atoms with Gasteiger partial charge in [0.1, 0.15) is 0 Å². The molecule has 2 unspecified atom stereocenters. The standard InChI is InChI=1S/C15H23NO2S/c1-12(9-10-19-3)16-11-14(15(17)18-2)13-7-5-4-6-8-13/h4-8,12,14,16H,9-11H2,1-3H3. The highest BCUT2D eigenvalue weighted by Gasteiger charge is 2.21. The van der Waals surface area contributed by atoms with Crippen LogP contribution in [0.5, 0.6) is 0 Å². The predicted molar refractivity (Wildman–Crippen MR) is 81.7 cm³/mol. The number of ether oxygens (including phenoxy) is 1. The van der Waals surface area contributed by atoms with Gasteiger partial charge in [-0.05, 0) is 30.9 Å². The fraction of sp³-hybridized carbons (Fsp3) is 0.533. The van der Waals surface area contributed by atoms with E-state index in [1.165, 1.54) is 7.11 Å². The van der Waals surface area contributed by atoms with Gasteiger partial charge >= 0.3 is 5.97 Å². The summed E-state index contributed by atoms with van der Waals surface area (Å²) in [4.78, 5) is 11.9. The molecule has 3 nitrogen and oxygen atoms in total. The average Bonchev–Trinajstić information content (AvgIpc) is 2.46. The Labute approximate surface area is 120 Å². The lowest BCUT2D eigenvalue weighted by molar-refractivity contribution is -0.142. The minimum Gasteiger partial charge on any atom is -0.469 e. The zero-order chi connectivity index (χ0) is 14.1. The van der Waals surface area contributed by atoms with Crippen LogP contribution in [0.3, 0.4) is 0 Å². The molecule has 4 heteroatoms. The lowest BCUT2D eigenvalue weighted by atomic mass is 9.99. The van der Waals surface area contributed by atoms with E-state index in [9.17, 15) is 4.79 Å². The van der Waals surface area contributed by atoms with Crippen molar-refractivity contribution >= 4 is 17.7 Å². The van der Waals surface area contributed by atoms with Crippen LogP contribution in [-0.4, -0.2) is 37.7 Å². The Kier molecular flexibility index (Phi) is 7.60. The number of hydrogen-bond acceptors (Lipinski definition) is 4. The minimum absolute atomic E-state index is 0.184. The zero-order valence-corrected chi connectivity index (χ0v) is 12.7. The summed E-state index contributed by atoms with van der Waals surface area (Å²) in [5.74, 6) is 0.710. The highest BCUT2D eigenvalue weighted by molar-refractivity contribution is 7.98. The molecule has 0 aromatic heterocycles. The fourth-order valence-electron chi connectivity index (χ4n) is 1.88. The topological polar surface area (TPSA) is 38.3 Å². The quantitative estimate of drug-likeness (QED) is 0.744. The third-order valence-corrected chi connectivity index (χ3v) is 3.76. The largest absolute Gasteiger partial charge is 0.469 e. The molecule has 0 saturated heterocycles. The summed E-state index contributed by atoms with van der Waals surface area (Å²) in [6.45, 7) is 2.77. The zero-order valence-electron chi connectivity index (χ0n) is 11.9. The number of benzene rings is 1. The fourth-order valence-corrected chi connectivity index (χ4v) is 2.47. The van der Waals surface area contributed by atoms with Crippen LogP contribution in [0.25, 0.3) is 0 Å². The van der Waals surface area contributed by atoms with E-state index in [1.807, 2.05) is 42.1 Å². The van der Waals surface area contributed by atoms with E-state index in [-0.39, 0.29) is 11.9 Å². The first-order valence-electron chi connectivity index (χ1n) is 6.54. The summed E-state index contributed by atoms with van der Waals surface area (Å²) in [5, 5.41) is 3.42. The van der Waals surface area contributed by atoms with Crippen LogP contribution in [0, 0.1) is 0 Å². The van der Waals surface area contributed by atoms with E-state index in [1.54, 1.807) is 0 Å². The molecule has 0 heterocycles. The van der Waals surface area contributed by atoms with Crippen molar-refractivity contribution < 1.29 is 9.53 Å². The number of thioether (sulfide) groups is 1. The van der Waals surface area contributed by atoms with E-state index in [2.05, 4.69) is 18.5 Å². The van der Waals surface area contributed by atoms with Crippen molar-refractivity contribution in [1.82, 2.24) is 5.32 Å². The lowest BCUT2D eigenvalue weighted by Gasteiger charge is -2.19. The molecule has 106 valence electrons. The van der Waals surface area contributed by atoms with E-state index in [4.69, 9.17) is 4.74 Å². The Morgan fingerprint density at radius 2 is 2.05 bits per heavy atom. The molecular formula is C15H23NO2S.